The van der Waals surface area contributed by atoms with Crippen LogP contribution in [0, 0.1) is 0 Å². The maximum atomic E-state index is 5.70. The maximum absolute atomic E-state index is 5.70. The van der Waals surface area contributed by atoms with Crippen LogP contribution in [0.15, 0.2) is 28.7 Å². The van der Waals surface area contributed by atoms with Crippen molar-refractivity contribution in [3.8, 4) is 11.8 Å². The van der Waals surface area contributed by atoms with Gasteiger partial charge in [0.05, 0.1) is 4.47 Å². The Labute approximate surface area is 131 Å². The van der Waals surface area contributed by atoms with Crippen molar-refractivity contribution in [2.45, 2.75) is 13.8 Å². The Morgan fingerprint density at radius 1 is 1.19 bits per heavy atom. The maximum Gasteiger partial charge on any atom is 0.328 e. The number of para-hydroxylation sites is 1. The summed E-state index contributed by atoms with van der Waals surface area (Å²) >= 11 is 3.42. The minimum absolute atomic E-state index is 0.187. The summed E-state index contributed by atoms with van der Waals surface area (Å²) < 4.78 is 6.52. The third kappa shape index (κ3) is 3.79. The lowest BCUT2D eigenvalue weighted by Gasteiger charge is -2.19. The first-order valence-corrected chi connectivity index (χ1v) is 7.37. The lowest BCUT2D eigenvalue weighted by Crippen LogP contribution is -2.25. The molecule has 0 amide bonds. The van der Waals surface area contributed by atoms with Gasteiger partial charge in [0.15, 0.2) is 0 Å². The zero-order valence-corrected chi connectivity index (χ0v) is 13.5. The normalized spacial score (nSPS) is 10.3. The molecule has 0 aliphatic carbocycles. The van der Waals surface area contributed by atoms with E-state index >= 15 is 0 Å². The third-order valence-corrected chi connectivity index (χ3v) is 3.47. The minimum Gasteiger partial charge on any atom is -0.423 e. The Kier molecular flexibility index (Phi) is 5.29. The molecule has 1 heterocycles. The molecular weight excluding hydrogens is 336 g/mol. The summed E-state index contributed by atoms with van der Waals surface area (Å²) in [5.41, 5.74) is 2.43. The highest BCUT2D eigenvalue weighted by molar-refractivity contribution is 9.10. The van der Waals surface area contributed by atoms with E-state index in [2.05, 4.69) is 36.3 Å². The van der Waals surface area contributed by atoms with Crippen LogP contribution in [0.5, 0.6) is 11.8 Å². The van der Waals surface area contributed by atoms with E-state index in [0.717, 1.165) is 17.6 Å². The van der Waals surface area contributed by atoms with Crippen molar-refractivity contribution in [2.75, 3.05) is 23.4 Å². The molecule has 0 atom stereocenters. The number of benzene rings is 1. The summed E-state index contributed by atoms with van der Waals surface area (Å²) in [6.07, 6.45) is 0. The number of hydrogen-bond acceptors (Lipinski definition) is 7. The molecule has 3 N–H and O–H groups in total. The van der Waals surface area contributed by atoms with Crippen LogP contribution in [-0.2, 0) is 0 Å². The Hall–Kier alpha value is -1.93. The monoisotopic (exact) mass is 352 g/mol. The van der Waals surface area contributed by atoms with Crippen molar-refractivity contribution in [2.24, 2.45) is 5.84 Å². The number of anilines is 2. The van der Waals surface area contributed by atoms with Crippen molar-refractivity contribution in [1.82, 2.24) is 15.0 Å². The second-order valence-corrected chi connectivity index (χ2v) is 4.95. The fourth-order valence-electron chi connectivity index (χ4n) is 1.73. The molecule has 0 saturated heterocycles. The lowest BCUT2D eigenvalue weighted by atomic mass is 10.3. The lowest BCUT2D eigenvalue weighted by molar-refractivity contribution is 0.437. The van der Waals surface area contributed by atoms with Gasteiger partial charge in [0.2, 0.25) is 11.9 Å². The molecule has 0 saturated carbocycles. The predicted octanol–water partition coefficient (Wildman–Crippen LogP) is 2.56. The fourth-order valence-corrected chi connectivity index (χ4v) is 2.10. The van der Waals surface area contributed by atoms with Crippen LogP contribution in [0.2, 0.25) is 0 Å². The van der Waals surface area contributed by atoms with E-state index in [1.165, 1.54) is 0 Å². The van der Waals surface area contributed by atoms with Gasteiger partial charge in [-0.1, -0.05) is 12.1 Å². The average molecular weight is 353 g/mol. The summed E-state index contributed by atoms with van der Waals surface area (Å²) in [6.45, 7) is 5.60. The zero-order valence-electron chi connectivity index (χ0n) is 11.9. The molecule has 1 aromatic carbocycles. The minimum atomic E-state index is 0.187. The van der Waals surface area contributed by atoms with Crippen LogP contribution in [0.1, 0.15) is 13.8 Å². The van der Waals surface area contributed by atoms with E-state index in [0.29, 0.717) is 11.7 Å². The van der Waals surface area contributed by atoms with Gasteiger partial charge >= 0.3 is 6.01 Å². The van der Waals surface area contributed by atoms with Gasteiger partial charge in [-0.05, 0) is 41.9 Å². The predicted molar refractivity (Wildman–Crippen MR) is 85.4 cm³/mol. The van der Waals surface area contributed by atoms with E-state index < -0.39 is 0 Å². The fraction of sp³-hybridized carbons (Fsp3) is 0.308. The largest absolute Gasteiger partial charge is 0.423 e. The van der Waals surface area contributed by atoms with Crippen molar-refractivity contribution in [3.05, 3.63) is 28.7 Å². The number of rotatable bonds is 6. The molecule has 2 aromatic rings. The molecule has 0 radical (unpaired) electrons. The number of halogens is 1. The van der Waals surface area contributed by atoms with Crippen LogP contribution < -0.4 is 20.9 Å². The molecule has 21 heavy (non-hydrogen) atoms. The van der Waals surface area contributed by atoms with Crippen molar-refractivity contribution in [1.29, 1.82) is 0 Å². The van der Waals surface area contributed by atoms with Crippen molar-refractivity contribution < 1.29 is 4.74 Å². The zero-order chi connectivity index (χ0) is 15.2. The topological polar surface area (TPSA) is 89.2 Å². The van der Waals surface area contributed by atoms with E-state index in [-0.39, 0.29) is 12.0 Å². The summed E-state index contributed by atoms with van der Waals surface area (Å²) in [5, 5.41) is 0. The van der Waals surface area contributed by atoms with Crippen LogP contribution in [0.4, 0.5) is 11.9 Å². The molecule has 0 spiro atoms. The molecule has 0 aliphatic rings. The standard InChI is InChI=1S/C13H17BrN6O/c1-3-20(4-2)12-16-11(19-15)17-13(18-12)21-10-8-6-5-7-9(10)14/h5-8H,3-4,15H2,1-2H3,(H,16,17,18,19). The van der Waals surface area contributed by atoms with E-state index in [1.807, 2.05) is 43.0 Å². The van der Waals surface area contributed by atoms with E-state index in [4.69, 9.17) is 10.6 Å². The SMILES string of the molecule is CCN(CC)c1nc(NN)nc(Oc2ccccc2Br)n1. The number of nitrogens with zero attached hydrogens (tertiary/aromatic N) is 4. The average Bonchev–Trinajstić information content (AvgIpc) is 2.50. The highest BCUT2D eigenvalue weighted by Crippen LogP contribution is 2.28. The molecule has 0 fully saturated rings. The van der Waals surface area contributed by atoms with Gasteiger partial charge in [-0.25, -0.2) is 5.84 Å². The molecule has 0 aliphatic heterocycles. The van der Waals surface area contributed by atoms with Gasteiger partial charge in [0, 0.05) is 13.1 Å². The molecule has 0 unspecified atom stereocenters. The molecule has 112 valence electrons. The Morgan fingerprint density at radius 2 is 1.90 bits per heavy atom. The first-order chi connectivity index (χ1) is 10.2. The van der Waals surface area contributed by atoms with Gasteiger partial charge in [0.1, 0.15) is 5.75 Å². The van der Waals surface area contributed by atoms with Crippen LogP contribution >= 0.6 is 15.9 Å². The highest BCUT2D eigenvalue weighted by Gasteiger charge is 2.13. The Bertz CT molecular complexity index is 605. The summed E-state index contributed by atoms with van der Waals surface area (Å²) in [4.78, 5) is 14.7. The van der Waals surface area contributed by atoms with Gasteiger partial charge in [-0.2, -0.15) is 15.0 Å². The summed E-state index contributed by atoms with van der Waals surface area (Å²) in [5.74, 6) is 6.81. The Morgan fingerprint density at radius 3 is 2.52 bits per heavy atom. The summed E-state index contributed by atoms with van der Waals surface area (Å²) in [6, 6.07) is 7.66. The second kappa shape index (κ2) is 7.19. The molecular formula is C13H17BrN6O. The smallest absolute Gasteiger partial charge is 0.328 e. The highest BCUT2D eigenvalue weighted by atomic mass is 79.9. The molecule has 7 nitrogen and oxygen atoms in total. The molecule has 2 rings (SSSR count). The second-order valence-electron chi connectivity index (χ2n) is 4.09. The van der Waals surface area contributed by atoms with E-state index in [9.17, 15) is 0 Å². The Balaban J connectivity index is 2.35. The number of nitrogens with two attached hydrogens (primary N) is 1. The van der Waals surface area contributed by atoms with Crippen LogP contribution in [-0.4, -0.2) is 28.0 Å². The van der Waals surface area contributed by atoms with Crippen molar-refractivity contribution in [3.63, 3.8) is 0 Å². The number of hydrogen-bond donors (Lipinski definition) is 2. The molecule has 1 aromatic heterocycles. The van der Waals surface area contributed by atoms with Crippen LogP contribution in [0.25, 0.3) is 0 Å². The summed E-state index contributed by atoms with van der Waals surface area (Å²) in [7, 11) is 0. The first kappa shape index (κ1) is 15.5. The molecule has 8 heteroatoms. The van der Waals surface area contributed by atoms with Crippen LogP contribution in [0.3, 0.4) is 0 Å². The first-order valence-electron chi connectivity index (χ1n) is 6.58. The third-order valence-electron chi connectivity index (χ3n) is 2.82. The molecule has 0 bridgehead atoms. The number of ether oxygens (including phenoxy) is 1. The number of nitrogens with one attached hydrogen (secondary N) is 1. The van der Waals surface area contributed by atoms with Gasteiger partial charge in [0.25, 0.3) is 0 Å². The quantitative estimate of drug-likeness (QED) is 0.609. The van der Waals surface area contributed by atoms with Gasteiger partial charge in [-0.3, -0.25) is 5.43 Å². The van der Waals surface area contributed by atoms with Crippen molar-refractivity contribution >= 4 is 27.8 Å². The number of aromatic nitrogens is 3. The van der Waals surface area contributed by atoms with Gasteiger partial charge in [-0.15, -0.1) is 0 Å². The number of nitrogen functional groups attached to an aromatic ring is 1. The van der Waals surface area contributed by atoms with E-state index in [1.54, 1.807) is 0 Å². The number of hydrazine groups is 1. The van der Waals surface area contributed by atoms with Gasteiger partial charge < -0.3 is 9.64 Å².